The molecule has 0 aliphatic heterocycles. The number of hydrogen-bond donors (Lipinski definition) is 1. The summed E-state index contributed by atoms with van der Waals surface area (Å²) in [5.41, 5.74) is -0.767. The second-order valence-electron chi connectivity index (χ2n) is 5.49. The van der Waals surface area contributed by atoms with Gasteiger partial charge in [0.15, 0.2) is 0 Å². The summed E-state index contributed by atoms with van der Waals surface area (Å²) < 4.78 is 124. The lowest BCUT2D eigenvalue weighted by Crippen LogP contribution is -2.27. The van der Waals surface area contributed by atoms with E-state index >= 15 is 0 Å². The standard InChI is InChI=1S/C14H14F9NO3/c1-6(2)11(24-3)10-8(26-13(18,19)20)4-7(25-12(15,16)17)5-9(10)27-14(21,22)23/h4-6,11,24H,1-3H3. The highest BCUT2D eigenvalue weighted by Gasteiger charge is 2.40. The second kappa shape index (κ2) is 7.90. The van der Waals surface area contributed by atoms with E-state index in [1.165, 1.54) is 20.9 Å². The summed E-state index contributed by atoms with van der Waals surface area (Å²) in [4.78, 5) is 0. The van der Waals surface area contributed by atoms with Crippen molar-refractivity contribution in [1.82, 2.24) is 5.32 Å². The number of benzene rings is 1. The van der Waals surface area contributed by atoms with Crippen molar-refractivity contribution < 1.29 is 53.7 Å². The van der Waals surface area contributed by atoms with Crippen LogP contribution in [0.4, 0.5) is 39.5 Å². The Kier molecular flexibility index (Phi) is 6.73. The van der Waals surface area contributed by atoms with Gasteiger partial charge < -0.3 is 19.5 Å². The highest BCUT2D eigenvalue weighted by molar-refractivity contribution is 5.53. The Labute approximate surface area is 147 Å². The quantitative estimate of drug-likeness (QED) is 0.641. The first-order chi connectivity index (χ1) is 12.0. The first-order valence-corrected chi connectivity index (χ1v) is 7.15. The maximum Gasteiger partial charge on any atom is 0.573 e. The molecule has 1 unspecified atom stereocenters. The monoisotopic (exact) mass is 415 g/mol. The molecule has 1 aromatic rings. The van der Waals surface area contributed by atoms with Crippen molar-refractivity contribution in [2.45, 2.75) is 39.0 Å². The van der Waals surface area contributed by atoms with E-state index in [4.69, 9.17) is 0 Å². The molecule has 0 aliphatic rings. The molecule has 0 heterocycles. The van der Waals surface area contributed by atoms with Crippen molar-refractivity contribution in [2.75, 3.05) is 7.05 Å². The van der Waals surface area contributed by atoms with Gasteiger partial charge in [-0.05, 0) is 13.0 Å². The molecule has 1 aromatic carbocycles. The molecule has 27 heavy (non-hydrogen) atoms. The van der Waals surface area contributed by atoms with Gasteiger partial charge in [-0.15, -0.1) is 39.5 Å². The molecule has 0 saturated carbocycles. The summed E-state index contributed by atoms with van der Waals surface area (Å²) in [6, 6.07) is -0.807. The largest absolute Gasteiger partial charge is 0.573 e. The van der Waals surface area contributed by atoms with Crippen LogP contribution in [0.15, 0.2) is 12.1 Å². The number of rotatable bonds is 6. The fourth-order valence-electron chi connectivity index (χ4n) is 2.31. The van der Waals surface area contributed by atoms with E-state index in [2.05, 4.69) is 19.5 Å². The highest BCUT2D eigenvalue weighted by atomic mass is 19.4. The molecule has 0 bridgehead atoms. The summed E-state index contributed by atoms with van der Waals surface area (Å²) in [5.74, 6) is -4.60. The van der Waals surface area contributed by atoms with Gasteiger partial charge in [0, 0.05) is 18.2 Å². The van der Waals surface area contributed by atoms with Crippen LogP contribution >= 0.6 is 0 Å². The summed E-state index contributed by atoms with van der Waals surface area (Å²) in [5, 5.41) is 2.48. The van der Waals surface area contributed by atoms with Crippen molar-refractivity contribution in [1.29, 1.82) is 0 Å². The lowest BCUT2D eigenvalue weighted by atomic mass is 9.94. The third-order valence-corrected chi connectivity index (χ3v) is 3.05. The molecule has 0 aliphatic carbocycles. The van der Waals surface area contributed by atoms with Crippen LogP contribution in [-0.4, -0.2) is 26.1 Å². The van der Waals surface area contributed by atoms with Crippen molar-refractivity contribution >= 4 is 0 Å². The van der Waals surface area contributed by atoms with Crippen LogP contribution in [0.2, 0.25) is 0 Å². The molecular formula is C14H14F9NO3. The van der Waals surface area contributed by atoms with E-state index in [1.807, 2.05) is 0 Å². The number of hydrogen-bond acceptors (Lipinski definition) is 4. The Balaban J connectivity index is 3.69. The van der Waals surface area contributed by atoms with E-state index in [1.54, 1.807) is 0 Å². The molecule has 156 valence electrons. The van der Waals surface area contributed by atoms with Crippen LogP contribution in [0.25, 0.3) is 0 Å². The van der Waals surface area contributed by atoms with Crippen LogP contribution in [0.5, 0.6) is 17.2 Å². The fraction of sp³-hybridized carbons (Fsp3) is 0.571. The molecular weight excluding hydrogens is 401 g/mol. The van der Waals surface area contributed by atoms with E-state index in [0.29, 0.717) is 0 Å². The summed E-state index contributed by atoms with van der Waals surface area (Å²) in [6.07, 6.45) is -16.2. The van der Waals surface area contributed by atoms with Gasteiger partial charge in [-0.1, -0.05) is 13.8 Å². The summed E-state index contributed by atoms with van der Waals surface area (Å²) in [7, 11) is 1.24. The van der Waals surface area contributed by atoms with Gasteiger partial charge in [-0.3, -0.25) is 0 Å². The molecule has 0 spiro atoms. The van der Waals surface area contributed by atoms with E-state index < -0.39 is 53.9 Å². The first-order valence-electron chi connectivity index (χ1n) is 7.15. The minimum absolute atomic E-state index is 0.187. The maximum absolute atomic E-state index is 12.7. The topological polar surface area (TPSA) is 39.7 Å². The lowest BCUT2D eigenvalue weighted by Gasteiger charge is -2.27. The van der Waals surface area contributed by atoms with Crippen molar-refractivity contribution in [3.05, 3.63) is 17.7 Å². The van der Waals surface area contributed by atoms with Gasteiger partial charge in [0.25, 0.3) is 0 Å². The molecule has 1 rings (SSSR count). The average molecular weight is 415 g/mol. The van der Waals surface area contributed by atoms with E-state index in [-0.39, 0.29) is 12.1 Å². The normalized spacial score (nSPS) is 14.3. The third-order valence-electron chi connectivity index (χ3n) is 3.05. The van der Waals surface area contributed by atoms with Gasteiger partial charge >= 0.3 is 19.1 Å². The molecule has 4 nitrogen and oxygen atoms in total. The van der Waals surface area contributed by atoms with Crippen LogP contribution in [0, 0.1) is 5.92 Å². The number of halogens is 9. The number of nitrogens with one attached hydrogen (secondary N) is 1. The Morgan fingerprint density at radius 1 is 0.741 bits per heavy atom. The Bertz CT molecular complexity index is 601. The zero-order chi connectivity index (χ0) is 21.2. The Hall–Kier alpha value is -2.05. The lowest BCUT2D eigenvalue weighted by molar-refractivity contribution is -0.278. The van der Waals surface area contributed by atoms with Gasteiger partial charge in [0.1, 0.15) is 17.2 Å². The Morgan fingerprint density at radius 3 is 1.37 bits per heavy atom. The van der Waals surface area contributed by atoms with Crippen LogP contribution in [0.1, 0.15) is 25.5 Å². The zero-order valence-electron chi connectivity index (χ0n) is 13.9. The molecule has 1 N–H and O–H groups in total. The van der Waals surface area contributed by atoms with E-state index in [9.17, 15) is 39.5 Å². The van der Waals surface area contributed by atoms with Gasteiger partial charge in [-0.2, -0.15) is 0 Å². The minimum Gasteiger partial charge on any atom is -0.406 e. The van der Waals surface area contributed by atoms with Crippen LogP contribution < -0.4 is 19.5 Å². The molecule has 0 saturated heterocycles. The summed E-state index contributed by atoms with van der Waals surface area (Å²) >= 11 is 0. The van der Waals surface area contributed by atoms with E-state index in [0.717, 1.165) is 0 Å². The van der Waals surface area contributed by atoms with Gasteiger partial charge in [-0.25, -0.2) is 0 Å². The van der Waals surface area contributed by atoms with Crippen LogP contribution in [-0.2, 0) is 0 Å². The SMILES string of the molecule is CNC(c1c(OC(F)(F)F)cc(OC(F)(F)F)cc1OC(F)(F)F)C(C)C. The molecule has 0 amide bonds. The molecule has 0 fully saturated rings. The summed E-state index contributed by atoms with van der Waals surface area (Å²) in [6.45, 7) is 2.91. The van der Waals surface area contributed by atoms with Crippen molar-refractivity contribution in [3.63, 3.8) is 0 Å². The molecule has 13 heteroatoms. The molecule has 1 atom stereocenters. The predicted octanol–water partition coefficient (Wildman–Crippen LogP) is 5.30. The smallest absolute Gasteiger partial charge is 0.406 e. The van der Waals surface area contributed by atoms with Gasteiger partial charge in [0.2, 0.25) is 0 Å². The Morgan fingerprint density at radius 2 is 1.11 bits per heavy atom. The number of ether oxygens (including phenoxy) is 3. The minimum atomic E-state index is -5.39. The van der Waals surface area contributed by atoms with Gasteiger partial charge in [0.05, 0.1) is 5.56 Å². The van der Waals surface area contributed by atoms with Crippen molar-refractivity contribution in [2.24, 2.45) is 5.92 Å². The first kappa shape index (κ1) is 23.0. The fourth-order valence-corrected chi connectivity index (χ4v) is 2.31. The molecule has 0 aromatic heterocycles. The highest BCUT2D eigenvalue weighted by Crippen LogP contribution is 2.45. The molecule has 0 radical (unpaired) electrons. The average Bonchev–Trinajstić information content (AvgIpc) is 2.36. The third kappa shape index (κ3) is 7.61. The van der Waals surface area contributed by atoms with Crippen molar-refractivity contribution in [3.8, 4) is 17.2 Å². The zero-order valence-corrected chi connectivity index (χ0v) is 13.9. The number of alkyl halides is 9. The predicted molar refractivity (Wildman–Crippen MR) is 73.1 cm³/mol. The second-order valence-corrected chi connectivity index (χ2v) is 5.49. The van der Waals surface area contributed by atoms with Crippen LogP contribution in [0.3, 0.4) is 0 Å². The maximum atomic E-state index is 12.7.